The van der Waals surface area contributed by atoms with Gasteiger partial charge in [-0.15, -0.1) is 0 Å². The van der Waals surface area contributed by atoms with Crippen LogP contribution >= 0.6 is 0 Å². The van der Waals surface area contributed by atoms with Gasteiger partial charge >= 0.3 is 12.1 Å². The number of aryl methyl sites for hydroxylation is 1. The van der Waals surface area contributed by atoms with Crippen molar-refractivity contribution in [1.82, 2.24) is 9.47 Å². The normalized spacial score (nSPS) is 14.5. The number of hydrogen-bond acceptors (Lipinski definition) is 6. The number of carbonyl (C=O) groups is 2. The molecule has 0 N–H and O–H groups in total. The maximum absolute atomic E-state index is 12.4. The second-order valence-corrected chi connectivity index (χ2v) is 6.82. The molecule has 0 atom stereocenters. The predicted octanol–water partition coefficient (Wildman–Crippen LogP) is 2.19. The molecule has 1 fully saturated rings. The number of nitrogens with zero attached hydrogens (tertiary/aromatic N) is 2. The third-order valence-electron chi connectivity index (χ3n) is 4.42. The molecule has 7 nitrogen and oxygen atoms in total. The standard InChI is InChI=1S/C19H24N2O5/c1-13-4-5-17-16(8-13)14(6-7-20(2)3)9-21(17)19(23)26-12-25-18(22)15-10-24-11-15/h4-5,8-9,15H,6-7,10-12H2,1-3H3. The Morgan fingerprint density at radius 2 is 2.04 bits per heavy atom. The minimum atomic E-state index is -0.562. The van der Waals surface area contributed by atoms with Crippen LogP contribution in [-0.4, -0.2) is 62.2 Å². The number of carbonyl (C=O) groups excluding carboxylic acids is 2. The maximum Gasteiger partial charge on any atom is 0.421 e. The zero-order valence-corrected chi connectivity index (χ0v) is 15.4. The Labute approximate surface area is 152 Å². The summed E-state index contributed by atoms with van der Waals surface area (Å²) in [5.74, 6) is -0.648. The van der Waals surface area contributed by atoms with Gasteiger partial charge in [-0.1, -0.05) is 11.6 Å². The van der Waals surface area contributed by atoms with Crippen LogP contribution in [0.3, 0.4) is 0 Å². The van der Waals surface area contributed by atoms with Crippen LogP contribution in [0.1, 0.15) is 11.1 Å². The van der Waals surface area contributed by atoms with E-state index >= 15 is 0 Å². The number of fused-ring (bicyclic) bond motifs is 1. The van der Waals surface area contributed by atoms with Crippen LogP contribution in [0.4, 0.5) is 4.79 Å². The molecular weight excluding hydrogens is 336 g/mol. The van der Waals surface area contributed by atoms with Crippen molar-refractivity contribution in [3.63, 3.8) is 0 Å². The third kappa shape index (κ3) is 4.05. The first kappa shape index (κ1) is 18.4. The van der Waals surface area contributed by atoms with Gasteiger partial charge < -0.3 is 19.1 Å². The Balaban J connectivity index is 1.71. The van der Waals surface area contributed by atoms with Gasteiger partial charge in [-0.05, 0) is 45.1 Å². The Morgan fingerprint density at radius 1 is 1.27 bits per heavy atom. The molecule has 0 unspecified atom stereocenters. The number of ether oxygens (including phenoxy) is 3. The molecule has 1 aliphatic rings. The second-order valence-electron chi connectivity index (χ2n) is 6.82. The molecule has 2 aromatic rings. The Morgan fingerprint density at radius 3 is 2.69 bits per heavy atom. The number of aromatic nitrogens is 1. The maximum atomic E-state index is 12.4. The van der Waals surface area contributed by atoms with Crippen LogP contribution in [0.5, 0.6) is 0 Å². The molecule has 0 spiro atoms. The summed E-state index contributed by atoms with van der Waals surface area (Å²) in [4.78, 5) is 26.2. The van der Waals surface area contributed by atoms with E-state index in [2.05, 4.69) is 11.0 Å². The van der Waals surface area contributed by atoms with Crippen molar-refractivity contribution in [2.45, 2.75) is 13.3 Å². The molecule has 2 heterocycles. The molecule has 0 radical (unpaired) electrons. The van der Waals surface area contributed by atoms with Crippen LogP contribution in [0.25, 0.3) is 10.9 Å². The van der Waals surface area contributed by atoms with Crippen LogP contribution in [0, 0.1) is 12.8 Å². The Bertz CT molecular complexity index is 808. The highest BCUT2D eigenvalue weighted by atomic mass is 16.7. The summed E-state index contributed by atoms with van der Waals surface area (Å²) < 4.78 is 16.5. The van der Waals surface area contributed by atoms with Gasteiger partial charge in [0.15, 0.2) is 0 Å². The highest BCUT2D eigenvalue weighted by molar-refractivity contribution is 5.92. The number of rotatable bonds is 6. The fourth-order valence-corrected chi connectivity index (χ4v) is 2.80. The molecule has 0 amide bonds. The summed E-state index contributed by atoms with van der Waals surface area (Å²) in [6, 6.07) is 5.93. The molecule has 0 bridgehead atoms. The Hall–Kier alpha value is -2.38. The van der Waals surface area contributed by atoms with E-state index in [9.17, 15) is 9.59 Å². The molecule has 1 aromatic carbocycles. The second kappa shape index (κ2) is 7.88. The van der Waals surface area contributed by atoms with Crippen molar-refractivity contribution in [2.75, 3.05) is 40.6 Å². The predicted molar refractivity (Wildman–Crippen MR) is 96.1 cm³/mol. The zero-order chi connectivity index (χ0) is 18.7. The molecule has 0 saturated carbocycles. The van der Waals surface area contributed by atoms with Crippen molar-refractivity contribution in [1.29, 1.82) is 0 Å². The molecule has 0 aliphatic carbocycles. The lowest BCUT2D eigenvalue weighted by molar-refractivity contribution is -0.171. The van der Waals surface area contributed by atoms with E-state index in [4.69, 9.17) is 14.2 Å². The molecule has 26 heavy (non-hydrogen) atoms. The minimum Gasteiger partial charge on any atom is -0.427 e. The fourth-order valence-electron chi connectivity index (χ4n) is 2.80. The van der Waals surface area contributed by atoms with Crippen LogP contribution < -0.4 is 0 Å². The number of hydrogen-bond donors (Lipinski definition) is 0. The van der Waals surface area contributed by atoms with E-state index in [-0.39, 0.29) is 5.92 Å². The minimum absolute atomic E-state index is 0.248. The lowest BCUT2D eigenvalue weighted by atomic mass is 10.1. The lowest BCUT2D eigenvalue weighted by Gasteiger charge is -2.23. The van der Waals surface area contributed by atoms with Crippen molar-refractivity contribution < 1.29 is 23.8 Å². The lowest BCUT2D eigenvalue weighted by Crippen LogP contribution is -2.36. The topological polar surface area (TPSA) is 70.0 Å². The summed E-state index contributed by atoms with van der Waals surface area (Å²) in [6.45, 7) is 3.23. The van der Waals surface area contributed by atoms with Crippen molar-refractivity contribution >= 4 is 23.0 Å². The van der Waals surface area contributed by atoms with Gasteiger partial charge in [0.2, 0.25) is 6.79 Å². The average molecular weight is 360 g/mol. The van der Waals surface area contributed by atoms with E-state index in [0.29, 0.717) is 13.2 Å². The average Bonchev–Trinajstić information content (AvgIpc) is 2.89. The Kier molecular flexibility index (Phi) is 5.58. The van der Waals surface area contributed by atoms with E-state index in [1.54, 1.807) is 6.20 Å². The van der Waals surface area contributed by atoms with E-state index in [1.165, 1.54) is 4.57 Å². The van der Waals surface area contributed by atoms with Gasteiger partial charge in [-0.3, -0.25) is 9.36 Å². The fraction of sp³-hybridized carbons (Fsp3) is 0.474. The van der Waals surface area contributed by atoms with Crippen LogP contribution in [0.2, 0.25) is 0 Å². The van der Waals surface area contributed by atoms with Gasteiger partial charge in [-0.25, -0.2) is 4.79 Å². The zero-order valence-electron chi connectivity index (χ0n) is 15.4. The third-order valence-corrected chi connectivity index (χ3v) is 4.42. The van der Waals surface area contributed by atoms with E-state index in [0.717, 1.165) is 35.0 Å². The van der Waals surface area contributed by atoms with Gasteiger partial charge in [-0.2, -0.15) is 0 Å². The molecule has 1 saturated heterocycles. The van der Waals surface area contributed by atoms with Crippen LogP contribution in [0.15, 0.2) is 24.4 Å². The van der Waals surface area contributed by atoms with E-state index < -0.39 is 18.9 Å². The summed E-state index contributed by atoms with van der Waals surface area (Å²) in [6.07, 6.45) is 2.06. The molecule has 3 rings (SSSR count). The van der Waals surface area contributed by atoms with Gasteiger partial charge in [0.05, 0.1) is 18.7 Å². The molecule has 7 heteroatoms. The van der Waals surface area contributed by atoms with Crippen molar-refractivity contribution in [2.24, 2.45) is 5.92 Å². The number of likely N-dealkylation sites (N-methyl/N-ethyl adjacent to an activating group) is 1. The highest BCUT2D eigenvalue weighted by Gasteiger charge is 2.28. The largest absolute Gasteiger partial charge is 0.427 e. The first-order valence-corrected chi connectivity index (χ1v) is 8.62. The van der Waals surface area contributed by atoms with Gasteiger partial charge in [0, 0.05) is 18.1 Å². The highest BCUT2D eigenvalue weighted by Crippen LogP contribution is 2.24. The summed E-state index contributed by atoms with van der Waals surface area (Å²) in [7, 11) is 4.03. The van der Waals surface area contributed by atoms with Gasteiger partial charge in [0.25, 0.3) is 0 Å². The van der Waals surface area contributed by atoms with Gasteiger partial charge in [0.1, 0.15) is 5.92 Å². The molecule has 1 aliphatic heterocycles. The van der Waals surface area contributed by atoms with Crippen LogP contribution in [-0.2, 0) is 25.4 Å². The quantitative estimate of drug-likeness (QED) is 0.581. The molecule has 140 valence electrons. The first-order valence-electron chi connectivity index (χ1n) is 8.62. The molecular formula is C19H24N2O5. The number of esters is 1. The summed E-state index contributed by atoms with van der Waals surface area (Å²) in [5, 5.41) is 1.03. The monoisotopic (exact) mass is 360 g/mol. The molecule has 1 aromatic heterocycles. The first-order chi connectivity index (χ1) is 12.5. The smallest absolute Gasteiger partial charge is 0.421 e. The number of benzene rings is 1. The summed E-state index contributed by atoms with van der Waals surface area (Å²) in [5.41, 5.74) is 3.00. The van der Waals surface area contributed by atoms with Crippen molar-refractivity contribution in [3.05, 3.63) is 35.5 Å². The SMILES string of the molecule is Cc1ccc2c(c1)c(CCN(C)C)cn2C(=O)OCOC(=O)C1COC1. The van der Waals surface area contributed by atoms with Crippen molar-refractivity contribution in [3.8, 4) is 0 Å². The van der Waals surface area contributed by atoms with E-state index in [1.807, 2.05) is 33.2 Å². The summed E-state index contributed by atoms with van der Waals surface area (Å²) >= 11 is 0.